The van der Waals surface area contributed by atoms with E-state index in [0.29, 0.717) is 23.0 Å². The number of hydrogen-bond donors (Lipinski definition) is 0. The predicted molar refractivity (Wildman–Crippen MR) is 95.7 cm³/mol. The quantitative estimate of drug-likeness (QED) is 0.529. The summed E-state index contributed by atoms with van der Waals surface area (Å²) < 4.78 is 39.2. The summed E-state index contributed by atoms with van der Waals surface area (Å²) in [5.74, 6) is 0.617. The van der Waals surface area contributed by atoms with Crippen molar-refractivity contribution in [1.29, 1.82) is 0 Å². The van der Waals surface area contributed by atoms with Gasteiger partial charge in [0.15, 0.2) is 0 Å². The van der Waals surface area contributed by atoms with Gasteiger partial charge in [-0.05, 0) is 24.3 Å². The van der Waals surface area contributed by atoms with Crippen LogP contribution < -0.4 is 9.47 Å². The van der Waals surface area contributed by atoms with Crippen LogP contribution in [0, 0.1) is 11.6 Å². The predicted octanol–water partition coefficient (Wildman–Crippen LogP) is 4.26. The highest BCUT2D eigenvalue weighted by molar-refractivity contribution is 5.69. The fraction of sp³-hybridized carbons (Fsp3) is 0.100. The fourth-order valence-corrected chi connectivity index (χ4v) is 2.76. The number of rotatable bonds is 5. The first-order chi connectivity index (χ1) is 13.1. The van der Waals surface area contributed by atoms with E-state index in [-0.39, 0.29) is 18.2 Å². The molecule has 0 saturated heterocycles. The fourth-order valence-electron chi connectivity index (χ4n) is 2.76. The van der Waals surface area contributed by atoms with E-state index in [1.807, 2.05) is 6.20 Å². The minimum absolute atomic E-state index is 0.183. The van der Waals surface area contributed by atoms with Gasteiger partial charge in [-0.25, -0.2) is 18.7 Å². The molecule has 5 nitrogen and oxygen atoms in total. The lowest BCUT2D eigenvalue weighted by molar-refractivity contribution is 0.300. The lowest BCUT2D eigenvalue weighted by Gasteiger charge is -2.08. The molecule has 0 N–H and O–H groups in total. The molecule has 0 atom stereocenters. The third-order valence-electron chi connectivity index (χ3n) is 4.02. The number of hydrogen-bond acceptors (Lipinski definition) is 4. The first-order valence-corrected chi connectivity index (χ1v) is 8.18. The Bertz CT molecular complexity index is 1110. The highest BCUT2D eigenvalue weighted by atomic mass is 19.1. The van der Waals surface area contributed by atoms with Crippen LogP contribution in [0.3, 0.4) is 0 Å². The van der Waals surface area contributed by atoms with Crippen LogP contribution in [-0.4, -0.2) is 21.5 Å². The number of nitrogens with zero attached hydrogens (tertiary/aromatic N) is 3. The summed E-state index contributed by atoms with van der Waals surface area (Å²) in [6.45, 7) is 0.183. The Morgan fingerprint density at radius 2 is 1.89 bits per heavy atom. The second-order valence-corrected chi connectivity index (χ2v) is 5.87. The van der Waals surface area contributed by atoms with Gasteiger partial charge < -0.3 is 9.47 Å². The van der Waals surface area contributed by atoms with Gasteiger partial charge in [-0.2, -0.15) is 0 Å². The molecular weight excluding hydrogens is 352 g/mol. The molecule has 0 fully saturated rings. The number of imidazole rings is 1. The smallest absolute Gasteiger partial charge is 0.234 e. The van der Waals surface area contributed by atoms with Gasteiger partial charge in [0.25, 0.3) is 0 Å². The molecule has 27 heavy (non-hydrogen) atoms. The largest absolute Gasteiger partial charge is 0.496 e. The second kappa shape index (κ2) is 7.03. The van der Waals surface area contributed by atoms with Gasteiger partial charge in [-0.1, -0.05) is 6.07 Å². The maximum absolute atomic E-state index is 13.4. The summed E-state index contributed by atoms with van der Waals surface area (Å²) in [5, 5.41) is 0. The molecule has 4 rings (SSSR count). The molecule has 2 heterocycles. The van der Waals surface area contributed by atoms with Crippen LogP contribution in [0.25, 0.3) is 16.9 Å². The van der Waals surface area contributed by atoms with Crippen LogP contribution in [0.2, 0.25) is 0 Å². The molecule has 136 valence electrons. The number of methoxy groups -OCH3 is 1. The van der Waals surface area contributed by atoms with Crippen molar-refractivity contribution in [3.63, 3.8) is 0 Å². The first kappa shape index (κ1) is 17.0. The van der Waals surface area contributed by atoms with E-state index in [1.54, 1.807) is 35.0 Å². The summed E-state index contributed by atoms with van der Waals surface area (Å²) >= 11 is 0. The zero-order valence-corrected chi connectivity index (χ0v) is 14.4. The Labute approximate surface area is 153 Å². The minimum atomic E-state index is -0.371. The summed E-state index contributed by atoms with van der Waals surface area (Å²) in [6.07, 6.45) is 5.26. The van der Waals surface area contributed by atoms with Crippen LogP contribution in [0.1, 0.15) is 5.69 Å². The lowest BCUT2D eigenvalue weighted by Crippen LogP contribution is -1.95. The summed E-state index contributed by atoms with van der Waals surface area (Å²) in [5.41, 5.74) is 2.13. The van der Waals surface area contributed by atoms with Crippen molar-refractivity contribution < 1.29 is 18.3 Å². The summed E-state index contributed by atoms with van der Waals surface area (Å²) in [6, 6.07) is 10.3. The Hall–Kier alpha value is -3.48. The molecule has 0 aliphatic carbocycles. The van der Waals surface area contributed by atoms with Gasteiger partial charge >= 0.3 is 0 Å². The minimum Gasteiger partial charge on any atom is -0.496 e. The number of ether oxygens (including phenoxy) is 2. The Morgan fingerprint density at radius 3 is 2.70 bits per heavy atom. The molecule has 4 aromatic rings. The lowest BCUT2D eigenvalue weighted by atomic mass is 10.1. The molecule has 0 amide bonds. The standard InChI is InChI=1S/C20H15F2N3O2/c1-26-19-8-15(22)5-6-18(19)13-9-23-20-24-16(11-25(20)10-13)12-27-17-4-2-3-14(21)7-17/h2-11H,12H2,1H3. The first-order valence-electron chi connectivity index (χ1n) is 8.18. The van der Waals surface area contributed by atoms with E-state index in [4.69, 9.17) is 9.47 Å². The number of fused-ring (bicyclic) bond motifs is 1. The van der Waals surface area contributed by atoms with Crippen molar-refractivity contribution in [1.82, 2.24) is 14.4 Å². The molecule has 7 heteroatoms. The Morgan fingerprint density at radius 1 is 1.04 bits per heavy atom. The summed E-state index contributed by atoms with van der Waals surface area (Å²) in [4.78, 5) is 8.72. The monoisotopic (exact) mass is 367 g/mol. The zero-order valence-electron chi connectivity index (χ0n) is 14.4. The molecule has 2 aromatic heterocycles. The van der Waals surface area contributed by atoms with Crippen molar-refractivity contribution in [2.75, 3.05) is 7.11 Å². The third kappa shape index (κ3) is 3.57. The Kier molecular flexibility index (Phi) is 4.42. The van der Waals surface area contributed by atoms with Crippen molar-refractivity contribution in [3.8, 4) is 22.6 Å². The van der Waals surface area contributed by atoms with E-state index in [0.717, 1.165) is 11.1 Å². The number of aromatic nitrogens is 3. The molecule has 0 aliphatic rings. The van der Waals surface area contributed by atoms with Gasteiger partial charge in [-0.3, -0.25) is 4.40 Å². The van der Waals surface area contributed by atoms with Crippen LogP contribution in [0.4, 0.5) is 8.78 Å². The Balaban J connectivity index is 1.60. The maximum atomic E-state index is 13.4. The molecule has 0 saturated carbocycles. The van der Waals surface area contributed by atoms with Crippen molar-refractivity contribution in [2.45, 2.75) is 6.61 Å². The van der Waals surface area contributed by atoms with Gasteiger partial charge in [0.1, 0.15) is 29.7 Å². The average molecular weight is 367 g/mol. The van der Waals surface area contributed by atoms with E-state index >= 15 is 0 Å². The maximum Gasteiger partial charge on any atom is 0.234 e. The van der Waals surface area contributed by atoms with E-state index < -0.39 is 0 Å². The SMILES string of the molecule is COc1cc(F)ccc1-c1cnc2nc(COc3cccc(F)c3)cn2c1. The molecular formula is C20H15F2N3O2. The van der Waals surface area contributed by atoms with Crippen molar-refractivity contribution >= 4 is 5.78 Å². The van der Waals surface area contributed by atoms with E-state index in [9.17, 15) is 8.78 Å². The van der Waals surface area contributed by atoms with Crippen LogP contribution in [0.5, 0.6) is 11.5 Å². The van der Waals surface area contributed by atoms with Gasteiger partial charge in [0.2, 0.25) is 5.78 Å². The van der Waals surface area contributed by atoms with E-state index in [2.05, 4.69) is 9.97 Å². The van der Waals surface area contributed by atoms with Crippen LogP contribution >= 0.6 is 0 Å². The molecule has 0 radical (unpaired) electrons. The van der Waals surface area contributed by atoms with Crippen molar-refractivity contribution in [3.05, 3.63) is 78.4 Å². The molecule has 0 bridgehead atoms. The third-order valence-corrected chi connectivity index (χ3v) is 4.02. The van der Waals surface area contributed by atoms with Gasteiger partial charge in [0.05, 0.1) is 12.8 Å². The number of halogens is 2. The molecule has 0 unspecified atom stereocenters. The summed E-state index contributed by atoms with van der Waals surface area (Å²) in [7, 11) is 1.49. The molecule has 0 aliphatic heterocycles. The van der Waals surface area contributed by atoms with Crippen LogP contribution in [0.15, 0.2) is 61.1 Å². The molecule has 0 spiro atoms. The van der Waals surface area contributed by atoms with Crippen molar-refractivity contribution in [2.24, 2.45) is 0 Å². The van der Waals surface area contributed by atoms with Crippen LogP contribution in [-0.2, 0) is 6.61 Å². The normalized spacial score (nSPS) is 10.9. The number of benzene rings is 2. The highest BCUT2D eigenvalue weighted by Crippen LogP contribution is 2.30. The molecule has 2 aromatic carbocycles. The van der Waals surface area contributed by atoms with Gasteiger partial charge in [-0.15, -0.1) is 0 Å². The van der Waals surface area contributed by atoms with E-state index in [1.165, 1.54) is 31.4 Å². The topological polar surface area (TPSA) is 48.7 Å². The average Bonchev–Trinajstić information content (AvgIpc) is 3.08. The second-order valence-electron chi connectivity index (χ2n) is 5.87. The van der Waals surface area contributed by atoms with Gasteiger partial charge in [0, 0.05) is 41.9 Å². The zero-order chi connectivity index (χ0) is 18.8. The highest BCUT2D eigenvalue weighted by Gasteiger charge is 2.10.